The Kier molecular flexibility index (Phi) is 6.96. The van der Waals surface area contributed by atoms with Crippen LogP contribution in [0.15, 0.2) is 41.2 Å². The number of nitrogens with one attached hydrogen (secondary N) is 1. The van der Waals surface area contributed by atoms with Gasteiger partial charge in [0.1, 0.15) is 0 Å². The Balaban J connectivity index is 1.58. The molecular weight excluding hydrogens is 480 g/mol. The summed E-state index contributed by atoms with van der Waals surface area (Å²) in [5.74, 6) is 2.28. The molecule has 1 N–H and O–H groups in total. The number of aromatic nitrogens is 5. The van der Waals surface area contributed by atoms with Gasteiger partial charge in [0.25, 0.3) is 5.56 Å². The van der Waals surface area contributed by atoms with E-state index in [0.29, 0.717) is 18.7 Å². The van der Waals surface area contributed by atoms with Crippen LogP contribution in [0, 0.1) is 13.8 Å². The average Bonchev–Trinajstić information content (AvgIpc) is 3.58. The van der Waals surface area contributed by atoms with Gasteiger partial charge in [0.2, 0.25) is 6.79 Å². The highest BCUT2D eigenvalue weighted by atomic mass is 16.7. The minimum Gasteiger partial charge on any atom is -0.454 e. The molecule has 0 saturated heterocycles. The Morgan fingerprint density at radius 3 is 2.58 bits per heavy atom. The second-order valence-corrected chi connectivity index (χ2v) is 10.7. The van der Waals surface area contributed by atoms with Gasteiger partial charge < -0.3 is 14.5 Å². The topological polar surface area (TPSA) is 98.2 Å². The molecule has 2 aromatic heterocycles. The highest BCUT2D eigenvalue weighted by Gasteiger charge is 2.31. The number of benzene rings is 2. The summed E-state index contributed by atoms with van der Waals surface area (Å²) in [6.07, 6.45) is 1.65. The number of pyridine rings is 1. The molecule has 4 aromatic rings. The van der Waals surface area contributed by atoms with Gasteiger partial charge in [-0.15, -0.1) is 5.10 Å². The summed E-state index contributed by atoms with van der Waals surface area (Å²) in [5, 5.41) is 14.0. The number of nitrogens with zero attached hydrogens (tertiary/aromatic N) is 5. The van der Waals surface area contributed by atoms with Crippen LogP contribution >= 0.6 is 0 Å². The zero-order valence-corrected chi connectivity index (χ0v) is 23.0. The number of hydrogen-bond donors (Lipinski definition) is 1. The molecular formula is C29H36N6O3. The minimum absolute atomic E-state index is 0.0785. The monoisotopic (exact) mass is 516 g/mol. The predicted octanol–water partition coefficient (Wildman–Crippen LogP) is 5.16. The van der Waals surface area contributed by atoms with E-state index >= 15 is 0 Å². The van der Waals surface area contributed by atoms with E-state index < -0.39 is 0 Å². The van der Waals surface area contributed by atoms with Crippen LogP contribution in [0.1, 0.15) is 74.7 Å². The molecule has 0 fully saturated rings. The maximum atomic E-state index is 13.3. The van der Waals surface area contributed by atoms with Crippen LogP contribution < -0.4 is 15.0 Å². The molecule has 38 heavy (non-hydrogen) atoms. The smallest absolute Gasteiger partial charge is 0.252 e. The highest BCUT2D eigenvalue weighted by molar-refractivity contribution is 5.85. The molecule has 3 heterocycles. The van der Waals surface area contributed by atoms with Crippen LogP contribution in [0.4, 0.5) is 0 Å². The molecule has 2 aromatic carbocycles. The zero-order valence-electron chi connectivity index (χ0n) is 23.0. The quantitative estimate of drug-likeness (QED) is 0.328. The Morgan fingerprint density at radius 2 is 1.82 bits per heavy atom. The van der Waals surface area contributed by atoms with Gasteiger partial charge in [0, 0.05) is 24.0 Å². The van der Waals surface area contributed by atoms with Crippen molar-refractivity contribution < 1.29 is 9.47 Å². The lowest BCUT2D eigenvalue weighted by Crippen LogP contribution is -2.36. The molecule has 200 valence electrons. The summed E-state index contributed by atoms with van der Waals surface area (Å²) in [5.41, 5.74) is 4.52. The highest BCUT2D eigenvalue weighted by Crippen LogP contribution is 2.35. The Hall–Kier alpha value is -3.72. The summed E-state index contributed by atoms with van der Waals surface area (Å²) < 4.78 is 13.1. The third kappa shape index (κ3) is 4.78. The van der Waals surface area contributed by atoms with Crippen molar-refractivity contribution >= 4 is 10.9 Å². The lowest BCUT2D eigenvalue weighted by molar-refractivity contribution is 0.150. The Morgan fingerprint density at radius 1 is 1.05 bits per heavy atom. The number of ether oxygens (including phenoxy) is 2. The molecule has 0 bridgehead atoms. The van der Waals surface area contributed by atoms with Crippen LogP contribution in [-0.4, -0.2) is 36.9 Å². The first-order chi connectivity index (χ1) is 18.2. The van der Waals surface area contributed by atoms with Gasteiger partial charge in [0.05, 0.1) is 17.1 Å². The minimum atomic E-state index is -0.244. The number of tetrazole rings is 1. The summed E-state index contributed by atoms with van der Waals surface area (Å²) in [6.45, 7) is 13.9. The van der Waals surface area contributed by atoms with Crippen molar-refractivity contribution in [2.45, 2.75) is 79.1 Å². The van der Waals surface area contributed by atoms with E-state index in [2.05, 4.69) is 66.1 Å². The van der Waals surface area contributed by atoms with Crippen molar-refractivity contribution in [3.63, 3.8) is 0 Å². The van der Waals surface area contributed by atoms with Crippen LogP contribution in [0.3, 0.4) is 0 Å². The molecule has 1 aliphatic heterocycles. The molecule has 0 unspecified atom stereocenters. The number of fused-ring (bicyclic) bond motifs is 2. The average molecular weight is 517 g/mol. The fourth-order valence-corrected chi connectivity index (χ4v) is 5.09. The molecule has 0 amide bonds. The number of aryl methyl sites for hydroxylation is 2. The largest absolute Gasteiger partial charge is 0.454 e. The van der Waals surface area contributed by atoms with Crippen LogP contribution in [0.2, 0.25) is 0 Å². The molecule has 0 aliphatic carbocycles. The van der Waals surface area contributed by atoms with Gasteiger partial charge in [-0.3, -0.25) is 9.69 Å². The first-order valence-corrected chi connectivity index (χ1v) is 13.2. The van der Waals surface area contributed by atoms with E-state index in [4.69, 9.17) is 9.47 Å². The van der Waals surface area contributed by atoms with Gasteiger partial charge >= 0.3 is 0 Å². The van der Waals surface area contributed by atoms with E-state index in [1.165, 1.54) is 0 Å². The molecule has 0 spiro atoms. The van der Waals surface area contributed by atoms with Crippen molar-refractivity contribution in [3.8, 4) is 11.5 Å². The summed E-state index contributed by atoms with van der Waals surface area (Å²) in [6, 6.07) is 12.1. The zero-order chi connectivity index (χ0) is 27.0. The van der Waals surface area contributed by atoms with Crippen LogP contribution in [0.5, 0.6) is 11.5 Å². The Labute approximate surface area is 222 Å². The predicted molar refractivity (Wildman–Crippen MR) is 146 cm³/mol. The number of rotatable bonds is 9. The molecule has 5 rings (SSSR count). The first-order valence-electron chi connectivity index (χ1n) is 13.2. The van der Waals surface area contributed by atoms with Crippen LogP contribution in [-0.2, 0) is 18.6 Å². The summed E-state index contributed by atoms with van der Waals surface area (Å²) in [7, 11) is 0. The molecule has 9 heteroatoms. The second kappa shape index (κ2) is 10.2. The number of aromatic amines is 1. The van der Waals surface area contributed by atoms with Crippen molar-refractivity contribution in [2.75, 3.05) is 6.79 Å². The van der Waals surface area contributed by atoms with E-state index in [9.17, 15) is 4.79 Å². The molecule has 0 radical (unpaired) electrons. The van der Waals surface area contributed by atoms with Crippen LogP contribution in [0.25, 0.3) is 10.9 Å². The normalized spacial score (nSPS) is 14.0. The third-order valence-electron chi connectivity index (χ3n) is 7.77. The number of hydrogen-bond acceptors (Lipinski definition) is 7. The lowest BCUT2D eigenvalue weighted by atomic mass is 10.0. The fourth-order valence-electron chi connectivity index (χ4n) is 5.09. The van der Waals surface area contributed by atoms with Crippen molar-refractivity contribution in [1.82, 2.24) is 30.1 Å². The molecule has 0 saturated carbocycles. The summed E-state index contributed by atoms with van der Waals surface area (Å²) in [4.78, 5) is 18.8. The van der Waals surface area contributed by atoms with Gasteiger partial charge in [-0.05, 0) is 85.9 Å². The fraction of sp³-hybridized carbons (Fsp3) is 0.448. The third-order valence-corrected chi connectivity index (χ3v) is 7.77. The van der Waals surface area contributed by atoms with Gasteiger partial charge in [-0.1, -0.05) is 32.0 Å². The summed E-state index contributed by atoms with van der Waals surface area (Å²) >= 11 is 0. The maximum Gasteiger partial charge on any atom is 0.252 e. The van der Waals surface area contributed by atoms with Gasteiger partial charge in [-0.2, -0.15) is 0 Å². The molecule has 1 atom stereocenters. The van der Waals surface area contributed by atoms with Gasteiger partial charge in [0.15, 0.2) is 17.3 Å². The standard InChI is InChI=1S/C29H36N6O3/c1-7-23(27-31-32-33-35(27)29(5,6)8-2)34(15-20-11-12-24-25(13-20)38-17-37-24)16-21-14-22-18(3)9-10-19(4)26(22)30-28(21)36/h9-14,23H,7-8,15-17H2,1-6H3,(H,30,36)/t23-/m1/s1. The van der Waals surface area contributed by atoms with E-state index in [-0.39, 0.29) is 23.9 Å². The lowest BCUT2D eigenvalue weighted by Gasteiger charge is -2.33. The first kappa shape index (κ1) is 25.9. The molecule has 9 nitrogen and oxygen atoms in total. The van der Waals surface area contributed by atoms with E-state index in [0.717, 1.165) is 57.8 Å². The van der Waals surface area contributed by atoms with Gasteiger partial charge in [-0.25, -0.2) is 4.68 Å². The van der Waals surface area contributed by atoms with E-state index in [1.54, 1.807) is 0 Å². The Bertz CT molecular complexity index is 1520. The van der Waals surface area contributed by atoms with Crippen molar-refractivity contribution in [2.24, 2.45) is 0 Å². The number of H-pyrrole nitrogens is 1. The van der Waals surface area contributed by atoms with E-state index in [1.807, 2.05) is 41.9 Å². The maximum absolute atomic E-state index is 13.3. The second-order valence-electron chi connectivity index (χ2n) is 10.7. The van der Waals surface area contributed by atoms with Crippen molar-refractivity contribution in [1.29, 1.82) is 0 Å². The SMILES string of the molecule is CC[C@H](c1nnnn1C(C)(C)CC)N(Cc1ccc2c(c1)OCO2)Cc1cc2c(C)ccc(C)c2[nH]c1=O. The van der Waals surface area contributed by atoms with Crippen molar-refractivity contribution in [3.05, 3.63) is 74.8 Å². The molecule has 1 aliphatic rings.